The Kier molecular flexibility index (Phi) is 10.3. The summed E-state index contributed by atoms with van der Waals surface area (Å²) in [7, 11) is 0. The summed E-state index contributed by atoms with van der Waals surface area (Å²) in [5.41, 5.74) is 1.79. The lowest BCUT2D eigenvalue weighted by molar-refractivity contribution is -0.143. The fourth-order valence-corrected chi connectivity index (χ4v) is 3.95. The number of aliphatic hydroxyl groups excluding tert-OH is 1. The standard InChI is InChI=1S/C25H33FN2O5/c1-3-22(27-14-19-7-9-21(26)10-8-19)18(2)13-20(15-29)24(32)28-25(11-5-4-6-12-25)17-33-16-23(30)31/h7-10,13,15,29H,3-6,11-12,14,16-17H2,1-2H3,(H,28,32)(H,30,31). The number of benzene rings is 1. The van der Waals surface area contributed by atoms with E-state index in [1.807, 2.05) is 13.8 Å². The van der Waals surface area contributed by atoms with Crippen LogP contribution in [0.15, 0.2) is 52.7 Å². The van der Waals surface area contributed by atoms with E-state index in [1.54, 1.807) is 18.2 Å². The van der Waals surface area contributed by atoms with Crippen LogP contribution < -0.4 is 5.32 Å². The first-order valence-electron chi connectivity index (χ1n) is 11.2. The Morgan fingerprint density at radius 3 is 2.45 bits per heavy atom. The second-order valence-corrected chi connectivity index (χ2v) is 8.34. The number of carboxylic acid groups (broad SMARTS) is 1. The van der Waals surface area contributed by atoms with Crippen molar-refractivity contribution in [3.05, 3.63) is 59.1 Å². The highest BCUT2D eigenvalue weighted by Crippen LogP contribution is 2.29. The van der Waals surface area contributed by atoms with Crippen LogP contribution >= 0.6 is 0 Å². The molecule has 8 heteroatoms. The number of allylic oxidation sites excluding steroid dienone is 1. The minimum atomic E-state index is -1.06. The summed E-state index contributed by atoms with van der Waals surface area (Å²) in [5.74, 6) is -1.82. The van der Waals surface area contributed by atoms with Gasteiger partial charge in [-0.2, -0.15) is 0 Å². The Balaban J connectivity index is 2.11. The monoisotopic (exact) mass is 460 g/mol. The van der Waals surface area contributed by atoms with Crippen molar-refractivity contribution < 1.29 is 28.9 Å². The zero-order valence-electron chi connectivity index (χ0n) is 19.3. The van der Waals surface area contributed by atoms with E-state index in [4.69, 9.17) is 9.84 Å². The van der Waals surface area contributed by atoms with Crippen LogP contribution in [-0.2, 0) is 20.9 Å². The summed E-state index contributed by atoms with van der Waals surface area (Å²) in [5, 5.41) is 21.6. The third-order valence-corrected chi connectivity index (χ3v) is 5.72. The Bertz CT molecular complexity index is 900. The van der Waals surface area contributed by atoms with Gasteiger partial charge in [-0.3, -0.25) is 9.79 Å². The van der Waals surface area contributed by atoms with E-state index < -0.39 is 24.0 Å². The Hall–Kier alpha value is -3.00. The molecule has 0 saturated heterocycles. The average Bonchev–Trinajstić information content (AvgIpc) is 2.79. The number of nitrogens with one attached hydrogen (secondary N) is 1. The zero-order valence-corrected chi connectivity index (χ0v) is 19.3. The van der Waals surface area contributed by atoms with Crippen LogP contribution in [0, 0.1) is 5.82 Å². The third-order valence-electron chi connectivity index (χ3n) is 5.72. The fourth-order valence-electron chi connectivity index (χ4n) is 3.95. The van der Waals surface area contributed by atoms with E-state index in [9.17, 15) is 19.1 Å². The molecular formula is C25H33FN2O5. The minimum Gasteiger partial charge on any atom is -0.515 e. The Labute approximate surface area is 194 Å². The van der Waals surface area contributed by atoms with Gasteiger partial charge in [0.25, 0.3) is 5.91 Å². The normalized spacial score (nSPS) is 17.0. The molecule has 180 valence electrons. The molecule has 1 aromatic rings. The summed E-state index contributed by atoms with van der Waals surface area (Å²) in [6.45, 7) is 3.81. The van der Waals surface area contributed by atoms with E-state index in [2.05, 4.69) is 10.3 Å². The number of ether oxygens (including phenoxy) is 1. The molecule has 3 N–H and O–H groups in total. The largest absolute Gasteiger partial charge is 0.515 e. The van der Waals surface area contributed by atoms with Crippen LogP contribution in [0.4, 0.5) is 4.39 Å². The van der Waals surface area contributed by atoms with Crippen molar-refractivity contribution >= 4 is 17.6 Å². The molecule has 2 rings (SSSR count). The second kappa shape index (κ2) is 12.9. The molecule has 0 unspecified atom stereocenters. The number of aliphatic imine (C=N–C) groups is 1. The summed E-state index contributed by atoms with van der Waals surface area (Å²) in [6.07, 6.45) is 7.18. The highest BCUT2D eigenvalue weighted by Gasteiger charge is 2.34. The van der Waals surface area contributed by atoms with Crippen LogP contribution in [0.25, 0.3) is 0 Å². The van der Waals surface area contributed by atoms with Gasteiger partial charge in [0.05, 0.1) is 30.5 Å². The maximum absolute atomic E-state index is 13.1. The molecule has 1 aliphatic rings. The lowest BCUT2D eigenvalue weighted by Gasteiger charge is -2.37. The molecule has 0 aliphatic heterocycles. The molecule has 0 bridgehead atoms. The van der Waals surface area contributed by atoms with Gasteiger partial charge < -0.3 is 20.3 Å². The van der Waals surface area contributed by atoms with Crippen LogP contribution in [0.1, 0.15) is 57.9 Å². The quantitative estimate of drug-likeness (QED) is 0.195. The molecule has 1 saturated carbocycles. The first kappa shape index (κ1) is 26.3. The van der Waals surface area contributed by atoms with Gasteiger partial charge in [0.1, 0.15) is 12.4 Å². The van der Waals surface area contributed by atoms with Crippen LogP contribution in [0.3, 0.4) is 0 Å². The number of rotatable bonds is 11. The van der Waals surface area contributed by atoms with Crippen molar-refractivity contribution in [2.75, 3.05) is 13.2 Å². The second-order valence-electron chi connectivity index (χ2n) is 8.34. The maximum Gasteiger partial charge on any atom is 0.329 e. The number of carbonyl (C=O) groups is 2. The van der Waals surface area contributed by atoms with Crippen molar-refractivity contribution in [1.29, 1.82) is 0 Å². The molecule has 0 aromatic heterocycles. The Morgan fingerprint density at radius 1 is 1.21 bits per heavy atom. The number of aliphatic hydroxyl groups is 1. The Morgan fingerprint density at radius 2 is 1.88 bits per heavy atom. The SMILES string of the molecule is CCC(=NCc1ccc(F)cc1)C(C)=CC(=CO)C(=O)NC1(COCC(=O)O)CCCCC1. The summed E-state index contributed by atoms with van der Waals surface area (Å²) < 4.78 is 18.4. The topological polar surface area (TPSA) is 108 Å². The molecule has 0 heterocycles. The molecule has 33 heavy (non-hydrogen) atoms. The summed E-state index contributed by atoms with van der Waals surface area (Å²) in [6, 6.07) is 6.12. The number of halogens is 1. The number of carboxylic acids is 1. The lowest BCUT2D eigenvalue weighted by Crippen LogP contribution is -2.53. The van der Waals surface area contributed by atoms with Crippen LogP contribution in [0.5, 0.6) is 0 Å². The van der Waals surface area contributed by atoms with E-state index in [-0.39, 0.29) is 18.0 Å². The predicted molar refractivity (Wildman–Crippen MR) is 125 cm³/mol. The van der Waals surface area contributed by atoms with Gasteiger partial charge in [0, 0.05) is 5.71 Å². The number of hydrogen-bond donors (Lipinski definition) is 3. The van der Waals surface area contributed by atoms with Crippen molar-refractivity contribution in [2.24, 2.45) is 4.99 Å². The van der Waals surface area contributed by atoms with Gasteiger partial charge in [-0.15, -0.1) is 0 Å². The fraction of sp³-hybridized carbons (Fsp3) is 0.480. The van der Waals surface area contributed by atoms with Crippen molar-refractivity contribution in [3.8, 4) is 0 Å². The van der Waals surface area contributed by atoms with Gasteiger partial charge in [0.2, 0.25) is 0 Å². The molecule has 1 amide bonds. The number of hydrogen-bond acceptors (Lipinski definition) is 5. The van der Waals surface area contributed by atoms with Gasteiger partial charge in [-0.05, 0) is 55.5 Å². The minimum absolute atomic E-state index is 0.0821. The molecule has 0 radical (unpaired) electrons. The summed E-state index contributed by atoms with van der Waals surface area (Å²) in [4.78, 5) is 28.4. The van der Waals surface area contributed by atoms with E-state index in [1.165, 1.54) is 12.1 Å². The van der Waals surface area contributed by atoms with Gasteiger partial charge in [0.15, 0.2) is 0 Å². The molecule has 7 nitrogen and oxygen atoms in total. The summed E-state index contributed by atoms with van der Waals surface area (Å²) >= 11 is 0. The molecule has 1 aromatic carbocycles. The maximum atomic E-state index is 13.1. The van der Waals surface area contributed by atoms with Crippen molar-refractivity contribution in [3.63, 3.8) is 0 Å². The van der Waals surface area contributed by atoms with E-state index in [0.29, 0.717) is 25.8 Å². The lowest BCUT2D eigenvalue weighted by atomic mass is 9.82. The van der Waals surface area contributed by atoms with E-state index in [0.717, 1.165) is 42.4 Å². The van der Waals surface area contributed by atoms with Crippen LogP contribution in [-0.4, -0.2) is 46.6 Å². The smallest absolute Gasteiger partial charge is 0.329 e. The first-order chi connectivity index (χ1) is 15.8. The van der Waals surface area contributed by atoms with Crippen molar-refractivity contribution in [1.82, 2.24) is 5.32 Å². The first-order valence-corrected chi connectivity index (χ1v) is 11.2. The third kappa shape index (κ3) is 8.46. The molecule has 0 atom stereocenters. The van der Waals surface area contributed by atoms with Crippen LogP contribution in [0.2, 0.25) is 0 Å². The average molecular weight is 461 g/mol. The highest BCUT2D eigenvalue weighted by atomic mass is 19.1. The molecule has 1 aliphatic carbocycles. The zero-order chi connectivity index (χ0) is 24.3. The van der Waals surface area contributed by atoms with E-state index >= 15 is 0 Å². The van der Waals surface area contributed by atoms with Gasteiger partial charge >= 0.3 is 5.97 Å². The number of nitrogens with zero attached hydrogens (tertiary/aromatic N) is 1. The highest BCUT2D eigenvalue weighted by molar-refractivity contribution is 6.03. The van der Waals surface area contributed by atoms with Crippen molar-refractivity contribution in [2.45, 2.75) is 64.5 Å². The molecular weight excluding hydrogens is 427 g/mol. The number of aliphatic carboxylic acids is 1. The number of carbonyl (C=O) groups excluding carboxylic acids is 1. The molecule has 0 spiro atoms. The van der Waals surface area contributed by atoms with Gasteiger partial charge in [-0.1, -0.05) is 38.3 Å². The van der Waals surface area contributed by atoms with Gasteiger partial charge in [-0.25, -0.2) is 9.18 Å². The number of amides is 1. The molecule has 1 fully saturated rings. The predicted octanol–water partition coefficient (Wildman–Crippen LogP) is 4.49.